The summed E-state index contributed by atoms with van der Waals surface area (Å²) in [6.45, 7) is 5.00. The van der Waals surface area contributed by atoms with Gasteiger partial charge >= 0.3 is 11.9 Å². The van der Waals surface area contributed by atoms with Crippen molar-refractivity contribution in [3.63, 3.8) is 0 Å². The van der Waals surface area contributed by atoms with Gasteiger partial charge in [-0.1, -0.05) is 0 Å². The quantitative estimate of drug-likeness (QED) is 0.662. The Balaban J connectivity index is 2.23. The zero-order chi connectivity index (χ0) is 15.9. The molecule has 0 unspecified atom stereocenters. The second-order valence-electron chi connectivity index (χ2n) is 4.75. The summed E-state index contributed by atoms with van der Waals surface area (Å²) in [5, 5.41) is 0. The number of hydrogen-bond donors (Lipinski definition) is 0. The largest absolute Gasteiger partial charge is 0.460 e. The van der Waals surface area contributed by atoms with Crippen molar-refractivity contribution in [2.24, 2.45) is 0 Å². The topological polar surface area (TPSA) is 84.0 Å². The summed E-state index contributed by atoms with van der Waals surface area (Å²) >= 11 is 0. The van der Waals surface area contributed by atoms with E-state index < -0.39 is 11.9 Å². The van der Waals surface area contributed by atoms with E-state index in [9.17, 15) is 9.59 Å². The van der Waals surface area contributed by atoms with Crippen LogP contribution < -0.4 is 0 Å². The molecular formula is C15H19NO6. The number of hydrogen-bond acceptors (Lipinski definition) is 7. The lowest BCUT2D eigenvalue weighted by Crippen LogP contribution is -2.16. The number of aryl methyl sites for hydroxylation is 2. The number of pyridine rings is 1. The Morgan fingerprint density at radius 1 is 0.773 bits per heavy atom. The number of aromatic nitrogens is 1. The molecule has 0 aromatic carbocycles. The van der Waals surface area contributed by atoms with Crippen molar-refractivity contribution >= 4 is 11.9 Å². The van der Waals surface area contributed by atoms with Crippen LogP contribution in [0, 0.1) is 13.8 Å². The highest BCUT2D eigenvalue weighted by molar-refractivity contribution is 5.96. The summed E-state index contributed by atoms with van der Waals surface area (Å²) in [6, 6.07) is 1.46. The molecule has 0 spiro atoms. The van der Waals surface area contributed by atoms with E-state index in [1.165, 1.54) is 6.07 Å². The molecule has 7 heteroatoms. The third-order valence-corrected chi connectivity index (χ3v) is 3.14. The van der Waals surface area contributed by atoms with Crippen LogP contribution in [0.5, 0.6) is 0 Å². The average molecular weight is 309 g/mol. The maximum atomic E-state index is 12.1. The Hall–Kier alpha value is -1.99. The average Bonchev–Trinajstić information content (AvgIpc) is 2.48. The van der Waals surface area contributed by atoms with Crippen molar-refractivity contribution in [1.82, 2.24) is 4.98 Å². The molecule has 0 saturated heterocycles. The summed E-state index contributed by atoms with van der Waals surface area (Å²) < 4.78 is 20.7. The SMILES string of the molecule is Cc1nc(C)c2cc1C(=O)OCCOCCOCCOC2=O. The van der Waals surface area contributed by atoms with Crippen molar-refractivity contribution in [3.8, 4) is 0 Å². The fourth-order valence-electron chi connectivity index (χ4n) is 2.00. The van der Waals surface area contributed by atoms with E-state index in [4.69, 9.17) is 18.9 Å². The first kappa shape index (κ1) is 16.4. The van der Waals surface area contributed by atoms with Crippen LogP contribution in [0.3, 0.4) is 0 Å². The number of nitrogens with zero attached hydrogens (tertiary/aromatic N) is 1. The van der Waals surface area contributed by atoms with Crippen molar-refractivity contribution < 1.29 is 28.5 Å². The Morgan fingerprint density at radius 3 is 1.64 bits per heavy atom. The molecule has 2 heterocycles. The van der Waals surface area contributed by atoms with Gasteiger partial charge in [0.1, 0.15) is 13.2 Å². The highest BCUT2D eigenvalue weighted by Crippen LogP contribution is 2.15. The molecule has 0 amide bonds. The first-order chi connectivity index (χ1) is 10.6. The van der Waals surface area contributed by atoms with Gasteiger partial charge in [0.05, 0.1) is 48.9 Å². The van der Waals surface area contributed by atoms with Gasteiger partial charge < -0.3 is 18.9 Å². The van der Waals surface area contributed by atoms with Crippen molar-refractivity contribution in [1.29, 1.82) is 0 Å². The number of fused-ring (bicyclic) bond motifs is 2. The molecule has 0 fully saturated rings. The summed E-state index contributed by atoms with van der Waals surface area (Å²) in [7, 11) is 0. The van der Waals surface area contributed by atoms with Crippen LogP contribution in [0.2, 0.25) is 0 Å². The van der Waals surface area contributed by atoms with Gasteiger partial charge in [-0.2, -0.15) is 0 Å². The van der Waals surface area contributed by atoms with Crippen LogP contribution >= 0.6 is 0 Å². The zero-order valence-corrected chi connectivity index (χ0v) is 12.7. The first-order valence-corrected chi connectivity index (χ1v) is 7.07. The number of carbonyl (C=O) groups is 2. The number of esters is 2. The van der Waals surface area contributed by atoms with E-state index in [-0.39, 0.29) is 37.6 Å². The van der Waals surface area contributed by atoms with E-state index >= 15 is 0 Å². The van der Waals surface area contributed by atoms with E-state index in [0.29, 0.717) is 24.6 Å². The molecule has 0 radical (unpaired) electrons. The third kappa shape index (κ3) is 4.25. The van der Waals surface area contributed by atoms with Gasteiger partial charge in [-0.3, -0.25) is 4.98 Å². The molecule has 0 atom stereocenters. The van der Waals surface area contributed by atoms with Gasteiger partial charge in [0.2, 0.25) is 0 Å². The van der Waals surface area contributed by atoms with E-state index in [2.05, 4.69) is 4.98 Å². The Morgan fingerprint density at radius 2 is 1.18 bits per heavy atom. The molecule has 2 rings (SSSR count). The minimum Gasteiger partial charge on any atom is -0.460 e. The standard InChI is InChI=1S/C15H19NO6/c1-10-12-9-13(11(2)16-10)15(18)22-8-6-20-4-3-19-5-7-21-14(12)17/h9H,3-8H2,1-2H3. The molecule has 1 aromatic rings. The zero-order valence-electron chi connectivity index (χ0n) is 12.7. The van der Waals surface area contributed by atoms with Crippen LogP contribution in [-0.2, 0) is 18.9 Å². The van der Waals surface area contributed by atoms with E-state index in [1.807, 2.05) is 0 Å². The molecule has 1 aromatic heterocycles. The number of carbonyl (C=O) groups excluding carboxylic acids is 2. The summed E-state index contributed by atoms with van der Waals surface area (Å²) in [6.07, 6.45) is 0. The fourth-order valence-corrected chi connectivity index (χ4v) is 2.00. The smallest absolute Gasteiger partial charge is 0.340 e. The van der Waals surface area contributed by atoms with Crippen LogP contribution in [0.15, 0.2) is 6.07 Å². The first-order valence-electron chi connectivity index (χ1n) is 7.07. The van der Waals surface area contributed by atoms with Gasteiger partial charge in [0.15, 0.2) is 0 Å². The molecule has 1 aliphatic heterocycles. The molecule has 7 nitrogen and oxygen atoms in total. The lowest BCUT2D eigenvalue weighted by Gasteiger charge is -2.10. The number of ether oxygens (including phenoxy) is 4. The van der Waals surface area contributed by atoms with Crippen LogP contribution in [0.1, 0.15) is 32.1 Å². The van der Waals surface area contributed by atoms with Gasteiger partial charge in [0.25, 0.3) is 0 Å². The Bertz CT molecular complexity index is 512. The lowest BCUT2D eigenvalue weighted by atomic mass is 10.1. The minimum absolute atomic E-state index is 0.131. The van der Waals surface area contributed by atoms with Crippen LogP contribution in [0.25, 0.3) is 0 Å². The van der Waals surface area contributed by atoms with Gasteiger partial charge in [-0.15, -0.1) is 0 Å². The van der Waals surface area contributed by atoms with Crippen LogP contribution in [-0.4, -0.2) is 56.6 Å². The molecule has 0 saturated carbocycles. The molecule has 2 bridgehead atoms. The second-order valence-corrected chi connectivity index (χ2v) is 4.75. The number of cyclic esters (lactones) is 2. The van der Waals surface area contributed by atoms with Crippen molar-refractivity contribution in [3.05, 3.63) is 28.6 Å². The van der Waals surface area contributed by atoms with Gasteiger partial charge in [-0.05, 0) is 19.9 Å². The molecule has 120 valence electrons. The summed E-state index contributed by atoms with van der Waals surface area (Å²) in [5.74, 6) is -1.07. The maximum Gasteiger partial charge on any atom is 0.340 e. The van der Waals surface area contributed by atoms with E-state index in [1.54, 1.807) is 13.8 Å². The van der Waals surface area contributed by atoms with Gasteiger partial charge in [-0.25, -0.2) is 9.59 Å². The molecule has 22 heavy (non-hydrogen) atoms. The third-order valence-electron chi connectivity index (χ3n) is 3.14. The summed E-state index contributed by atoms with van der Waals surface area (Å²) in [5.41, 5.74) is 1.52. The Kier molecular flexibility index (Phi) is 5.85. The lowest BCUT2D eigenvalue weighted by molar-refractivity contribution is 0.00276. The molecule has 0 N–H and O–H groups in total. The summed E-state index contributed by atoms with van der Waals surface area (Å²) in [4.78, 5) is 28.3. The van der Waals surface area contributed by atoms with E-state index in [0.717, 1.165) is 0 Å². The van der Waals surface area contributed by atoms with Crippen molar-refractivity contribution in [2.45, 2.75) is 13.8 Å². The second kappa shape index (κ2) is 7.86. The Labute approximate surface area is 128 Å². The number of rotatable bonds is 0. The molecule has 1 aliphatic rings. The monoisotopic (exact) mass is 309 g/mol. The predicted molar refractivity (Wildman–Crippen MR) is 75.9 cm³/mol. The molecule has 0 aliphatic carbocycles. The van der Waals surface area contributed by atoms with Crippen molar-refractivity contribution in [2.75, 3.05) is 39.6 Å². The minimum atomic E-state index is -0.534. The van der Waals surface area contributed by atoms with Crippen LogP contribution in [0.4, 0.5) is 0 Å². The van der Waals surface area contributed by atoms with Gasteiger partial charge in [0, 0.05) is 0 Å². The fraction of sp³-hybridized carbons (Fsp3) is 0.533. The molecular weight excluding hydrogens is 290 g/mol. The highest BCUT2D eigenvalue weighted by atomic mass is 16.6. The predicted octanol–water partition coefficient (Wildman–Crippen LogP) is 1.06. The highest BCUT2D eigenvalue weighted by Gasteiger charge is 2.19. The maximum absolute atomic E-state index is 12.1. The normalized spacial score (nSPS) is 17.9.